The first-order valence-corrected chi connectivity index (χ1v) is 12.0. The minimum absolute atomic E-state index is 0.129. The van der Waals surface area contributed by atoms with Crippen LogP contribution in [0.15, 0.2) is 35.3 Å². The van der Waals surface area contributed by atoms with E-state index in [-0.39, 0.29) is 5.75 Å². The smallest absolute Gasteiger partial charge is 0.194 e. The van der Waals surface area contributed by atoms with E-state index < -0.39 is 25.4 Å². The lowest BCUT2D eigenvalue weighted by Crippen LogP contribution is -2.57. The summed E-state index contributed by atoms with van der Waals surface area (Å²) in [6.07, 6.45) is 0. The van der Waals surface area contributed by atoms with Crippen LogP contribution in [0.3, 0.4) is 0 Å². The van der Waals surface area contributed by atoms with Gasteiger partial charge < -0.3 is 10.2 Å². The summed E-state index contributed by atoms with van der Waals surface area (Å²) in [5.74, 6) is 1.85. The van der Waals surface area contributed by atoms with Crippen molar-refractivity contribution in [3.8, 4) is 0 Å². The Labute approximate surface area is 159 Å². The van der Waals surface area contributed by atoms with Crippen molar-refractivity contribution >= 4 is 26.6 Å². The molecule has 8 heteroatoms. The highest BCUT2D eigenvalue weighted by atomic mass is 32.2. The molecule has 1 fully saturated rings. The van der Waals surface area contributed by atoms with Gasteiger partial charge in [0.05, 0.1) is 17.0 Å². The molecule has 0 spiro atoms. The normalized spacial score (nSPS) is 20.6. The van der Waals surface area contributed by atoms with E-state index in [0.717, 1.165) is 5.56 Å². The molecule has 1 aliphatic heterocycles. The molecule has 1 aromatic carbocycles. The number of aliphatic imine (C=N–C) groups is 1. The average Bonchev–Trinajstić information content (AvgIpc) is 2.57. The second kappa shape index (κ2) is 8.99. The Bertz CT molecular complexity index is 746. The zero-order valence-corrected chi connectivity index (χ0v) is 17.4. The Kier molecular flexibility index (Phi) is 7.23. The van der Waals surface area contributed by atoms with Gasteiger partial charge in [-0.05, 0) is 26.3 Å². The fourth-order valence-corrected chi connectivity index (χ4v) is 5.21. The van der Waals surface area contributed by atoms with E-state index in [9.17, 15) is 12.6 Å². The summed E-state index contributed by atoms with van der Waals surface area (Å²) in [5.41, 5.74) is 1.06. The molecule has 1 aliphatic rings. The molecule has 1 atom stereocenters. The molecule has 6 nitrogen and oxygen atoms in total. The van der Waals surface area contributed by atoms with Crippen LogP contribution in [0.1, 0.15) is 26.3 Å². The van der Waals surface area contributed by atoms with Crippen LogP contribution in [-0.2, 0) is 26.4 Å². The predicted molar refractivity (Wildman–Crippen MR) is 109 cm³/mol. The number of benzene rings is 1. The number of guanidine groups is 1. The first-order valence-electron chi connectivity index (χ1n) is 8.89. The highest BCUT2D eigenvalue weighted by Gasteiger charge is 2.40. The van der Waals surface area contributed by atoms with E-state index >= 15 is 0 Å². The average molecular weight is 400 g/mol. The van der Waals surface area contributed by atoms with Crippen LogP contribution in [0, 0.1) is 0 Å². The molecule has 2 rings (SSSR count). The molecule has 0 radical (unpaired) electrons. The second-order valence-electron chi connectivity index (χ2n) is 7.01. The monoisotopic (exact) mass is 399 g/mol. The van der Waals surface area contributed by atoms with E-state index in [1.807, 2.05) is 42.2 Å². The van der Waals surface area contributed by atoms with Crippen molar-refractivity contribution in [1.82, 2.24) is 10.2 Å². The topological polar surface area (TPSA) is 78.8 Å². The standard InChI is InChI=1S/C18H29N3O3S2/c1-4-19-17(21-11-13-26(23,24)18(2,3)15-21)20-10-12-25(22)14-16-8-6-5-7-9-16/h5-9H,4,10-15H2,1-3H3,(H,19,20). The lowest BCUT2D eigenvalue weighted by molar-refractivity contribution is 0.353. The fourth-order valence-electron chi connectivity index (χ4n) is 2.84. The third kappa shape index (κ3) is 5.54. The second-order valence-corrected chi connectivity index (χ2v) is 11.3. The van der Waals surface area contributed by atoms with Gasteiger partial charge in [0.15, 0.2) is 15.8 Å². The quantitative estimate of drug-likeness (QED) is 0.578. The van der Waals surface area contributed by atoms with Crippen molar-refractivity contribution in [3.63, 3.8) is 0 Å². The Morgan fingerprint density at radius 1 is 1.31 bits per heavy atom. The zero-order valence-electron chi connectivity index (χ0n) is 15.8. The molecule has 1 heterocycles. The molecule has 146 valence electrons. The van der Waals surface area contributed by atoms with E-state index in [1.165, 1.54) is 0 Å². The minimum atomic E-state index is -3.08. The molecular formula is C18H29N3O3S2. The Morgan fingerprint density at radius 2 is 2.00 bits per heavy atom. The maximum absolute atomic E-state index is 12.2. The SMILES string of the molecule is CCNC(=NCCS(=O)Cc1ccccc1)N1CCS(=O)(=O)C(C)(C)C1. The number of sulfone groups is 1. The Morgan fingerprint density at radius 3 is 2.62 bits per heavy atom. The van der Waals surface area contributed by atoms with Gasteiger partial charge in [0.25, 0.3) is 0 Å². The fraction of sp³-hybridized carbons (Fsp3) is 0.611. The van der Waals surface area contributed by atoms with Crippen LogP contribution < -0.4 is 5.32 Å². The van der Waals surface area contributed by atoms with Gasteiger partial charge in [0.2, 0.25) is 0 Å². The molecule has 0 amide bonds. The number of hydrogen-bond acceptors (Lipinski definition) is 4. The number of rotatable bonds is 6. The zero-order chi connectivity index (χ0) is 19.2. The summed E-state index contributed by atoms with van der Waals surface area (Å²) in [4.78, 5) is 6.57. The van der Waals surface area contributed by atoms with Gasteiger partial charge in [0.1, 0.15) is 0 Å². The van der Waals surface area contributed by atoms with Gasteiger partial charge in [-0.2, -0.15) is 0 Å². The van der Waals surface area contributed by atoms with Crippen molar-refractivity contribution in [2.75, 3.05) is 37.7 Å². The van der Waals surface area contributed by atoms with Gasteiger partial charge in [-0.15, -0.1) is 0 Å². The summed E-state index contributed by atoms with van der Waals surface area (Å²) < 4.78 is 35.8. The van der Waals surface area contributed by atoms with Crippen LogP contribution in [0.5, 0.6) is 0 Å². The lowest BCUT2D eigenvalue weighted by atomic mass is 10.2. The van der Waals surface area contributed by atoms with Gasteiger partial charge in [0, 0.05) is 41.9 Å². The third-order valence-corrected chi connectivity index (χ3v) is 8.26. The molecule has 0 bridgehead atoms. The third-order valence-electron chi connectivity index (χ3n) is 4.43. The molecule has 1 unspecified atom stereocenters. The maximum atomic E-state index is 12.2. The number of hydrogen-bond donors (Lipinski definition) is 1. The minimum Gasteiger partial charge on any atom is -0.357 e. The van der Waals surface area contributed by atoms with Crippen molar-refractivity contribution < 1.29 is 12.6 Å². The van der Waals surface area contributed by atoms with Crippen LogP contribution in [-0.4, -0.2) is 65.9 Å². The van der Waals surface area contributed by atoms with Gasteiger partial charge in [-0.3, -0.25) is 9.20 Å². The predicted octanol–water partition coefficient (Wildman–Crippen LogP) is 1.41. The molecule has 1 aromatic rings. The largest absolute Gasteiger partial charge is 0.357 e. The molecule has 0 aromatic heterocycles. The Hall–Kier alpha value is -1.41. The molecule has 1 saturated heterocycles. The van der Waals surface area contributed by atoms with Crippen LogP contribution >= 0.6 is 0 Å². The lowest BCUT2D eigenvalue weighted by Gasteiger charge is -2.39. The van der Waals surface area contributed by atoms with Gasteiger partial charge >= 0.3 is 0 Å². The summed E-state index contributed by atoms with van der Waals surface area (Å²) in [7, 11) is -4.06. The first kappa shape index (κ1) is 20.9. The van der Waals surface area contributed by atoms with Crippen molar-refractivity contribution in [3.05, 3.63) is 35.9 Å². The summed E-state index contributed by atoms with van der Waals surface area (Å²) >= 11 is 0. The van der Waals surface area contributed by atoms with Crippen molar-refractivity contribution in [2.24, 2.45) is 4.99 Å². The van der Waals surface area contributed by atoms with E-state index in [4.69, 9.17) is 0 Å². The number of nitrogens with one attached hydrogen (secondary N) is 1. The first-order chi connectivity index (χ1) is 12.2. The summed E-state index contributed by atoms with van der Waals surface area (Å²) in [5, 5.41) is 3.22. The van der Waals surface area contributed by atoms with E-state index in [1.54, 1.807) is 13.8 Å². The summed E-state index contributed by atoms with van der Waals surface area (Å²) in [6, 6.07) is 9.78. The van der Waals surface area contributed by atoms with Crippen LogP contribution in [0.2, 0.25) is 0 Å². The molecular weight excluding hydrogens is 370 g/mol. The van der Waals surface area contributed by atoms with Crippen molar-refractivity contribution in [1.29, 1.82) is 0 Å². The van der Waals surface area contributed by atoms with Gasteiger partial charge in [-0.25, -0.2) is 8.42 Å². The number of nitrogens with zero attached hydrogens (tertiary/aromatic N) is 2. The van der Waals surface area contributed by atoms with Gasteiger partial charge in [-0.1, -0.05) is 30.3 Å². The molecule has 26 heavy (non-hydrogen) atoms. The molecule has 1 N–H and O–H groups in total. The maximum Gasteiger partial charge on any atom is 0.194 e. The van der Waals surface area contributed by atoms with Crippen LogP contribution in [0.4, 0.5) is 0 Å². The molecule has 0 saturated carbocycles. The van der Waals surface area contributed by atoms with Crippen LogP contribution in [0.25, 0.3) is 0 Å². The highest BCUT2D eigenvalue weighted by Crippen LogP contribution is 2.23. The highest BCUT2D eigenvalue weighted by molar-refractivity contribution is 7.92. The van der Waals surface area contributed by atoms with E-state index in [0.29, 0.717) is 43.6 Å². The summed E-state index contributed by atoms with van der Waals surface area (Å²) in [6.45, 7) is 7.49. The Balaban J connectivity index is 1.95. The van der Waals surface area contributed by atoms with Crippen molar-refractivity contribution in [2.45, 2.75) is 31.3 Å². The van der Waals surface area contributed by atoms with E-state index in [2.05, 4.69) is 10.3 Å². The molecule has 0 aliphatic carbocycles.